The molecule has 0 aromatic rings. The first-order valence-electron chi connectivity index (χ1n) is 5.44. The summed E-state index contributed by atoms with van der Waals surface area (Å²) in [7, 11) is -2.25. The van der Waals surface area contributed by atoms with Crippen LogP contribution in [0, 0.1) is 5.92 Å². The number of ether oxygens (including phenoxy) is 1. The van der Waals surface area contributed by atoms with Crippen molar-refractivity contribution in [3.05, 3.63) is 0 Å². The van der Waals surface area contributed by atoms with E-state index in [9.17, 15) is 18.0 Å². The van der Waals surface area contributed by atoms with Gasteiger partial charge in [0.25, 0.3) is 0 Å². The van der Waals surface area contributed by atoms with Crippen LogP contribution in [0.15, 0.2) is 0 Å². The minimum atomic E-state index is -3.46. The molecule has 17 heavy (non-hydrogen) atoms. The van der Waals surface area contributed by atoms with Gasteiger partial charge in [0, 0.05) is 25.4 Å². The van der Waals surface area contributed by atoms with Crippen LogP contribution in [0.4, 0.5) is 0 Å². The summed E-state index contributed by atoms with van der Waals surface area (Å²) in [5, 5.41) is 0. The Bertz CT molecular complexity index is 403. The first-order chi connectivity index (χ1) is 7.86. The van der Waals surface area contributed by atoms with Crippen molar-refractivity contribution in [2.24, 2.45) is 5.92 Å². The van der Waals surface area contributed by atoms with Crippen LogP contribution in [0.2, 0.25) is 0 Å². The molecule has 7 heteroatoms. The largest absolute Gasteiger partial charge is 0.469 e. The summed E-state index contributed by atoms with van der Waals surface area (Å²) in [6.45, 7) is 2.14. The van der Waals surface area contributed by atoms with Gasteiger partial charge in [-0.1, -0.05) is 6.92 Å². The molecule has 0 aliphatic carbocycles. The van der Waals surface area contributed by atoms with Gasteiger partial charge in [-0.25, -0.2) is 12.7 Å². The van der Waals surface area contributed by atoms with Gasteiger partial charge in [0.2, 0.25) is 10.0 Å². The summed E-state index contributed by atoms with van der Waals surface area (Å²) in [4.78, 5) is 22.2. The molecular formula is C10H17NO5S. The molecule has 1 fully saturated rings. The van der Waals surface area contributed by atoms with Gasteiger partial charge in [-0.15, -0.1) is 0 Å². The fourth-order valence-electron chi connectivity index (χ4n) is 1.68. The number of piperidine rings is 1. The monoisotopic (exact) mass is 263 g/mol. The number of nitrogens with zero attached hydrogens (tertiary/aromatic N) is 1. The van der Waals surface area contributed by atoms with E-state index in [0.29, 0.717) is 0 Å². The number of rotatable bonds is 4. The van der Waals surface area contributed by atoms with Crippen LogP contribution in [0.3, 0.4) is 0 Å². The minimum Gasteiger partial charge on any atom is -0.469 e. The molecule has 0 amide bonds. The average Bonchev–Trinajstić information content (AvgIpc) is 2.29. The summed E-state index contributed by atoms with van der Waals surface area (Å²) in [5.41, 5.74) is 0. The van der Waals surface area contributed by atoms with Crippen molar-refractivity contribution in [2.75, 3.05) is 26.0 Å². The molecule has 1 aliphatic heterocycles. The Kier molecular flexibility index (Phi) is 4.64. The molecule has 98 valence electrons. The molecular weight excluding hydrogens is 246 g/mol. The van der Waals surface area contributed by atoms with E-state index in [1.165, 1.54) is 11.4 Å². The Morgan fingerprint density at radius 1 is 1.53 bits per heavy atom. The fraction of sp³-hybridized carbons (Fsp3) is 0.800. The Labute approximate surface area is 101 Å². The second kappa shape index (κ2) is 5.59. The molecule has 0 saturated carbocycles. The molecule has 0 spiro atoms. The lowest BCUT2D eigenvalue weighted by atomic mass is 10.0. The van der Waals surface area contributed by atoms with Crippen LogP contribution < -0.4 is 0 Å². The van der Waals surface area contributed by atoms with Crippen LogP contribution in [0.25, 0.3) is 0 Å². The second-order valence-corrected chi connectivity index (χ2v) is 6.21. The molecule has 0 bridgehead atoms. The predicted molar refractivity (Wildman–Crippen MR) is 60.8 cm³/mol. The highest BCUT2D eigenvalue weighted by molar-refractivity contribution is 7.89. The van der Waals surface area contributed by atoms with Crippen LogP contribution in [-0.2, 0) is 24.3 Å². The molecule has 0 N–H and O–H groups in total. The maximum Gasteiger partial charge on any atom is 0.306 e. The Balaban J connectivity index is 2.59. The van der Waals surface area contributed by atoms with E-state index in [1.54, 1.807) is 6.92 Å². The summed E-state index contributed by atoms with van der Waals surface area (Å²) in [6, 6.07) is 0. The van der Waals surface area contributed by atoms with Gasteiger partial charge in [-0.2, -0.15) is 0 Å². The molecule has 1 heterocycles. The van der Waals surface area contributed by atoms with Crippen molar-refractivity contribution in [3.63, 3.8) is 0 Å². The maximum atomic E-state index is 11.9. The van der Waals surface area contributed by atoms with Gasteiger partial charge in [-0.05, 0) is 0 Å². The lowest BCUT2D eigenvalue weighted by Crippen LogP contribution is -2.44. The van der Waals surface area contributed by atoms with Gasteiger partial charge in [-0.3, -0.25) is 9.59 Å². The number of hydrogen-bond donors (Lipinski definition) is 0. The second-order valence-electron chi connectivity index (χ2n) is 4.12. The van der Waals surface area contributed by atoms with Crippen molar-refractivity contribution in [2.45, 2.75) is 19.8 Å². The van der Waals surface area contributed by atoms with Crippen LogP contribution >= 0.6 is 0 Å². The van der Waals surface area contributed by atoms with Gasteiger partial charge in [0.15, 0.2) is 0 Å². The lowest BCUT2D eigenvalue weighted by molar-refractivity contribution is -0.140. The quantitative estimate of drug-likeness (QED) is 0.656. The van der Waals surface area contributed by atoms with Crippen molar-refractivity contribution < 1.29 is 22.7 Å². The zero-order chi connectivity index (χ0) is 13.1. The van der Waals surface area contributed by atoms with Crippen LogP contribution in [0.5, 0.6) is 0 Å². The number of carbonyl (C=O) groups excluding carboxylic acids is 2. The molecule has 1 aliphatic rings. The van der Waals surface area contributed by atoms with Gasteiger partial charge >= 0.3 is 5.97 Å². The Morgan fingerprint density at radius 3 is 2.71 bits per heavy atom. The summed E-state index contributed by atoms with van der Waals surface area (Å²) < 4.78 is 29.4. The normalized spacial score (nSPS) is 22.5. The molecule has 0 aromatic carbocycles. The van der Waals surface area contributed by atoms with Gasteiger partial charge in [0.05, 0.1) is 19.3 Å². The van der Waals surface area contributed by atoms with Crippen molar-refractivity contribution >= 4 is 21.8 Å². The van der Waals surface area contributed by atoms with Gasteiger partial charge in [0.1, 0.15) is 5.78 Å². The minimum absolute atomic E-state index is 0.0874. The SMILES string of the molecule is COC(=O)CCS(=O)(=O)N1CCC(=O)C(C)C1. The average molecular weight is 263 g/mol. The molecule has 0 radical (unpaired) electrons. The molecule has 1 unspecified atom stereocenters. The molecule has 1 atom stereocenters. The zero-order valence-electron chi connectivity index (χ0n) is 10.0. The summed E-state index contributed by atoms with van der Waals surface area (Å²) >= 11 is 0. The smallest absolute Gasteiger partial charge is 0.306 e. The number of sulfonamides is 1. The zero-order valence-corrected chi connectivity index (χ0v) is 10.8. The Hall–Kier alpha value is -0.950. The highest BCUT2D eigenvalue weighted by atomic mass is 32.2. The van der Waals surface area contributed by atoms with E-state index in [0.717, 1.165) is 0 Å². The van der Waals surface area contributed by atoms with E-state index in [-0.39, 0.29) is 43.4 Å². The highest BCUT2D eigenvalue weighted by Crippen LogP contribution is 2.16. The van der Waals surface area contributed by atoms with Crippen LogP contribution in [-0.4, -0.2) is 50.4 Å². The third-order valence-corrected chi connectivity index (χ3v) is 4.66. The van der Waals surface area contributed by atoms with E-state index in [4.69, 9.17) is 0 Å². The third kappa shape index (κ3) is 3.78. The van der Waals surface area contributed by atoms with E-state index in [2.05, 4.69) is 4.74 Å². The Morgan fingerprint density at radius 2 is 2.18 bits per heavy atom. The molecule has 1 saturated heterocycles. The lowest BCUT2D eigenvalue weighted by Gasteiger charge is -2.29. The summed E-state index contributed by atoms with van der Waals surface area (Å²) in [5.74, 6) is -0.989. The van der Waals surface area contributed by atoms with Crippen molar-refractivity contribution in [1.82, 2.24) is 4.31 Å². The number of esters is 1. The summed E-state index contributed by atoms with van der Waals surface area (Å²) in [6.07, 6.45) is 0.0935. The molecule has 0 aromatic heterocycles. The first kappa shape index (κ1) is 14.1. The van der Waals surface area contributed by atoms with Gasteiger partial charge < -0.3 is 4.74 Å². The number of methoxy groups -OCH3 is 1. The van der Waals surface area contributed by atoms with E-state index in [1.807, 2.05) is 0 Å². The van der Waals surface area contributed by atoms with E-state index < -0.39 is 16.0 Å². The molecule has 6 nitrogen and oxygen atoms in total. The first-order valence-corrected chi connectivity index (χ1v) is 7.05. The number of carbonyl (C=O) groups is 2. The maximum absolute atomic E-state index is 11.9. The van der Waals surface area contributed by atoms with Crippen LogP contribution in [0.1, 0.15) is 19.8 Å². The molecule has 1 rings (SSSR count). The van der Waals surface area contributed by atoms with Crippen molar-refractivity contribution in [1.29, 1.82) is 0 Å². The topological polar surface area (TPSA) is 80.8 Å². The highest BCUT2D eigenvalue weighted by Gasteiger charge is 2.31. The number of Topliss-reactive ketones (excluding diaryl/α,β-unsaturated/α-hetero) is 1. The third-order valence-electron chi connectivity index (χ3n) is 2.82. The van der Waals surface area contributed by atoms with E-state index >= 15 is 0 Å². The van der Waals surface area contributed by atoms with Crippen molar-refractivity contribution in [3.8, 4) is 0 Å². The fourth-order valence-corrected chi connectivity index (χ4v) is 3.18. The number of hydrogen-bond acceptors (Lipinski definition) is 5. The standard InChI is InChI=1S/C10H17NO5S/c1-8-7-11(5-3-9(8)12)17(14,15)6-4-10(13)16-2/h8H,3-7H2,1-2H3. The predicted octanol–water partition coefficient (Wildman–Crippen LogP) is -0.210. The number of ketones is 1.